The molecule has 1 aromatic heterocycles. The summed E-state index contributed by atoms with van der Waals surface area (Å²) in [5.41, 5.74) is 0. The predicted octanol–water partition coefficient (Wildman–Crippen LogP) is 0.872. The summed E-state index contributed by atoms with van der Waals surface area (Å²) >= 11 is 1.75. The summed E-state index contributed by atoms with van der Waals surface area (Å²) in [6.07, 6.45) is 2.27. The van der Waals surface area contributed by atoms with Crippen molar-refractivity contribution in [2.45, 2.75) is 19.6 Å². The lowest BCUT2D eigenvalue weighted by molar-refractivity contribution is -0.0181. The second kappa shape index (κ2) is 5.72. The lowest BCUT2D eigenvalue weighted by atomic mass is 10.3. The molecular weight excluding hydrogens is 222 g/mol. The van der Waals surface area contributed by atoms with Crippen molar-refractivity contribution < 1.29 is 4.74 Å². The number of thiazole rings is 1. The molecule has 1 aliphatic heterocycles. The maximum absolute atomic E-state index is 5.68. The molecule has 1 N–H and O–H groups in total. The Morgan fingerprint density at radius 3 is 3.25 bits per heavy atom. The molecule has 16 heavy (non-hydrogen) atoms. The normalized spacial score (nSPS) is 22.5. The summed E-state index contributed by atoms with van der Waals surface area (Å²) < 4.78 is 5.68. The smallest absolute Gasteiger partial charge is 0.0897 e. The van der Waals surface area contributed by atoms with Crippen LogP contribution in [0.1, 0.15) is 9.88 Å². The average Bonchev–Trinajstić information content (AvgIpc) is 2.64. The molecule has 0 radical (unpaired) electrons. The molecule has 0 aromatic carbocycles. The number of rotatable bonds is 4. The maximum atomic E-state index is 5.68. The SMILES string of the molecule is Cc1ncc(CNC[C@H]2CN(C)CCO2)s1. The number of morpholine rings is 1. The molecule has 2 heterocycles. The molecule has 0 bridgehead atoms. The molecule has 1 aromatic rings. The Balaban J connectivity index is 1.67. The minimum atomic E-state index is 0.327. The van der Waals surface area contributed by atoms with Crippen LogP contribution in [0.4, 0.5) is 0 Å². The number of nitrogens with one attached hydrogen (secondary N) is 1. The zero-order chi connectivity index (χ0) is 11.4. The molecule has 1 saturated heterocycles. The lowest BCUT2D eigenvalue weighted by Gasteiger charge is -2.30. The van der Waals surface area contributed by atoms with Crippen LogP contribution < -0.4 is 5.32 Å². The summed E-state index contributed by atoms with van der Waals surface area (Å²) in [6.45, 7) is 6.77. The van der Waals surface area contributed by atoms with Crippen LogP contribution in [-0.2, 0) is 11.3 Å². The van der Waals surface area contributed by atoms with Gasteiger partial charge in [0, 0.05) is 37.3 Å². The predicted molar refractivity (Wildman–Crippen MR) is 65.8 cm³/mol. The van der Waals surface area contributed by atoms with E-state index in [1.807, 2.05) is 13.1 Å². The van der Waals surface area contributed by atoms with E-state index >= 15 is 0 Å². The zero-order valence-electron chi connectivity index (χ0n) is 9.90. The lowest BCUT2D eigenvalue weighted by Crippen LogP contribution is -2.44. The Morgan fingerprint density at radius 1 is 1.69 bits per heavy atom. The minimum absolute atomic E-state index is 0.327. The molecule has 0 spiro atoms. The number of nitrogens with zero attached hydrogens (tertiary/aromatic N) is 2. The van der Waals surface area contributed by atoms with Crippen LogP contribution in [0, 0.1) is 6.92 Å². The van der Waals surface area contributed by atoms with Gasteiger partial charge in [-0.05, 0) is 14.0 Å². The van der Waals surface area contributed by atoms with Gasteiger partial charge in [-0.15, -0.1) is 11.3 Å². The third-order valence-corrected chi connectivity index (χ3v) is 3.60. The average molecular weight is 241 g/mol. The largest absolute Gasteiger partial charge is 0.374 e. The van der Waals surface area contributed by atoms with Gasteiger partial charge < -0.3 is 15.0 Å². The van der Waals surface area contributed by atoms with Crippen LogP contribution in [0.5, 0.6) is 0 Å². The fraction of sp³-hybridized carbons (Fsp3) is 0.727. The molecule has 0 unspecified atom stereocenters. The Labute approximate surface area is 101 Å². The third kappa shape index (κ3) is 3.52. The first kappa shape index (κ1) is 12.0. The van der Waals surface area contributed by atoms with Gasteiger partial charge >= 0.3 is 0 Å². The van der Waals surface area contributed by atoms with Gasteiger partial charge in [0.2, 0.25) is 0 Å². The van der Waals surface area contributed by atoms with Gasteiger partial charge in [-0.25, -0.2) is 4.98 Å². The van der Waals surface area contributed by atoms with Crippen molar-refractivity contribution in [3.63, 3.8) is 0 Å². The van der Waals surface area contributed by atoms with Crippen molar-refractivity contribution in [3.05, 3.63) is 16.1 Å². The highest BCUT2D eigenvalue weighted by Gasteiger charge is 2.16. The summed E-state index contributed by atoms with van der Waals surface area (Å²) in [4.78, 5) is 7.84. The summed E-state index contributed by atoms with van der Waals surface area (Å²) in [6, 6.07) is 0. The molecule has 1 fully saturated rings. The fourth-order valence-corrected chi connectivity index (χ4v) is 2.60. The minimum Gasteiger partial charge on any atom is -0.374 e. The van der Waals surface area contributed by atoms with Crippen molar-refractivity contribution in [2.24, 2.45) is 0 Å². The molecule has 0 aliphatic carbocycles. The van der Waals surface area contributed by atoms with Crippen LogP contribution in [0.2, 0.25) is 0 Å². The summed E-state index contributed by atoms with van der Waals surface area (Å²) in [5.74, 6) is 0. The van der Waals surface area contributed by atoms with Crippen molar-refractivity contribution >= 4 is 11.3 Å². The number of ether oxygens (including phenoxy) is 1. The van der Waals surface area contributed by atoms with Crippen molar-refractivity contribution in [1.29, 1.82) is 0 Å². The summed E-state index contributed by atoms with van der Waals surface area (Å²) in [5, 5.41) is 4.55. The van der Waals surface area contributed by atoms with E-state index in [0.717, 1.165) is 37.8 Å². The van der Waals surface area contributed by atoms with Crippen molar-refractivity contribution in [1.82, 2.24) is 15.2 Å². The van der Waals surface area contributed by atoms with Crippen LogP contribution in [0.15, 0.2) is 6.20 Å². The molecule has 2 rings (SSSR count). The number of hydrogen-bond donors (Lipinski definition) is 1. The molecule has 4 nitrogen and oxygen atoms in total. The molecule has 90 valence electrons. The standard InChI is InChI=1S/C11H19N3OS/c1-9-13-7-11(16-9)6-12-5-10-8-14(2)3-4-15-10/h7,10,12H,3-6,8H2,1-2H3/t10-/m0/s1. The van der Waals surface area contributed by atoms with Gasteiger partial charge in [-0.1, -0.05) is 0 Å². The van der Waals surface area contributed by atoms with Crippen LogP contribution in [0.25, 0.3) is 0 Å². The van der Waals surface area contributed by atoms with Gasteiger partial charge in [0.25, 0.3) is 0 Å². The first-order valence-electron chi connectivity index (χ1n) is 5.66. The second-order valence-electron chi connectivity index (χ2n) is 4.23. The molecule has 0 saturated carbocycles. The van der Waals surface area contributed by atoms with Gasteiger partial charge in [-0.2, -0.15) is 0 Å². The van der Waals surface area contributed by atoms with Crippen LogP contribution >= 0.6 is 11.3 Å². The van der Waals surface area contributed by atoms with Crippen molar-refractivity contribution in [3.8, 4) is 0 Å². The second-order valence-corrected chi connectivity index (χ2v) is 5.55. The first-order chi connectivity index (χ1) is 7.74. The number of hydrogen-bond acceptors (Lipinski definition) is 5. The van der Waals surface area contributed by atoms with Crippen LogP contribution in [0.3, 0.4) is 0 Å². The quantitative estimate of drug-likeness (QED) is 0.849. The van der Waals surface area contributed by atoms with Gasteiger partial charge in [0.15, 0.2) is 0 Å². The van der Waals surface area contributed by atoms with E-state index in [-0.39, 0.29) is 0 Å². The monoisotopic (exact) mass is 241 g/mol. The van der Waals surface area contributed by atoms with E-state index in [1.54, 1.807) is 11.3 Å². The Bertz CT molecular complexity index is 329. The molecule has 5 heteroatoms. The third-order valence-electron chi connectivity index (χ3n) is 2.68. The summed E-state index contributed by atoms with van der Waals surface area (Å²) in [7, 11) is 2.14. The Hall–Kier alpha value is -0.490. The van der Waals surface area contributed by atoms with E-state index < -0.39 is 0 Å². The molecule has 1 aliphatic rings. The van der Waals surface area contributed by atoms with Crippen LogP contribution in [-0.4, -0.2) is 49.3 Å². The van der Waals surface area contributed by atoms with Gasteiger partial charge in [-0.3, -0.25) is 0 Å². The number of likely N-dealkylation sites (N-methyl/N-ethyl adjacent to an activating group) is 1. The first-order valence-corrected chi connectivity index (χ1v) is 6.48. The highest BCUT2D eigenvalue weighted by atomic mass is 32.1. The highest BCUT2D eigenvalue weighted by Crippen LogP contribution is 2.11. The Kier molecular flexibility index (Phi) is 4.29. The molecular formula is C11H19N3OS. The van der Waals surface area contributed by atoms with Gasteiger partial charge in [0.1, 0.15) is 0 Å². The van der Waals surface area contributed by atoms with E-state index in [2.05, 4.69) is 22.2 Å². The highest BCUT2D eigenvalue weighted by molar-refractivity contribution is 7.11. The van der Waals surface area contributed by atoms with Crippen molar-refractivity contribution in [2.75, 3.05) is 33.3 Å². The zero-order valence-corrected chi connectivity index (χ0v) is 10.7. The fourth-order valence-electron chi connectivity index (χ4n) is 1.83. The molecule has 1 atom stereocenters. The van der Waals surface area contributed by atoms with E-state index in [4.69, 9.17) is 4.74 Å². The number of aromatic nitrogens is 1. The molecule has 0 amide bonds. The Morgan fingerprint density at radius 2 is 2.56 bits per heavy atom. The van der Waals surface area contributed by atoms with Gasteiger partial charge in [0.05, 0.1) is 17.7 Å². The van der Waals surface area contributed by atoms with E-state index in [9.17, 15) is 0 Å². The maximum Gasteiger partial charge on any atom is 0.0897 e. The van der Waals surface area contributed by atoms with E-state index in [1.165, 1.54) is 4.88 Å². The van der Waals surface area contributed by atoms with E-state index in [0.29, 0.717) is 6.10 Å². The topological polar surface area (TPSA) is 37.4 Å². The number of aryl methyl sites for hydroxylation is 1.